The van der Waals surface area contributed by atoms with E-state index in [2.05, 4.69) is 5.32 Å². The van der Waals surface area contributed by atoms with Crippen molar-refractivity contribution in [2.24, 2.45) is 5.41 Å². The Balaban J connectivity index is 2.22. The lowest BCUT2D eigenvalue weighted by Crippen LogP contribution is -2.36. The number of hydrogen-bond donors (Lipinski definition) is 1. The minimum Gasteiger partial charge on any atom is -0.455 e. The van der Waals surface area contributed by atoms with Crippen LogP contribution in [0.3, 0.4) is 0 Å². The number of furan rings is 1. The molecule has 120 valence electrons. The van der Waals surface area contributed by atoms with Gasteiger partial charge in [0, 0.05) is 32.5 Å². The third-order valence-corrected chi connectivity index (χ3v) is 3.88. The quantitative estimate of drug-likeness (QED) is 0.919. The molecule has 1 aromatic rings. The number of nitrogens with zero attached hydrogens (tertiary/aromatic N) is 1. The van der Waals surface area contributed by atoms with Gasteiger partial charge in [-0.1, -0.05) is 13.8 Å². The Labute approximate surface area is 129 Å². The molecule has 0 aliphatic heterocycles. The maximum Gasteiger partial charge on any atom is 0.287 e. The molecule has 0 radical (unpaired) electrons. The van der Waals surface area contributed by atoms with Gasteiger partial charge in [0.05, 0.1) is 12.1 Å². The molecule has 1 aliphatic carbocycles. The number of Topliss-reactive ketones (excluding diaryl/α,β-unsaturated/α-hetero) is 1. The molecule has 1 aliphatic rings. The van der Waals surface area contributed by atoms with Gasteiger partial charge in [0.25, 0.3) is 5.91 Å². The summed E-state index contributed by atoms with van der Waals surface area (Å²) in [6.45, 7) is 5.61. The first-order chi connectivity index (χ1) is 10.1. The molecule has 1 heterocycles. The Morgan fingerprint density at radius 1 is 1.27 bits per heavy atom. The second kappa shape index (κ2) is 5.59. The largest absolute Gasteiger partial charge is 0.455 e. The van der Waals surface area contributed by atoms with Crippen molar-refractivity contribution in [2.45, 2.75) is 33.6 Å². The number of hydrogen-bond acceptors (Lipinski definition) is 4. The average molecular weight is 306 g/mol. The highest BCUT2D eigenvalue weighted by atomic mass is 16.4. The number of likely N-dealkylation sites (N-methyl/N-ethyl adjacent to an activating group) is 1. The normalized spacial score (nSPS) is 16.1. The summed E-state index contributed by atoms with van der Waals surface area (Å²) < 4.78 is 5.64. The van der Waals surface area contributed by atoms with Crippen LogP contribution in [-0.2, 0) is 11.2 Å². The van der Waals surface area contributed by atoms with E-state index in [1.54, 1.807) is 21.0 Å². The van der Waals surface area contributed by atoms with Gasteiger partial charge in [-0.3, -0.25) is 14.4 Å². The Morgan fingerprint density at radius 2 is 1.91 bits per heavy atom. The molecule has 2 rings (SSSR count). The summed E-state index contributed by atoms with van der Waals surface area (Å²) >= 11 is 0. The number of ketones is 1. The van der Waals surface area contributed by atoms with Gasteiger partial charge in [0.1, 0.15) is 5.76 Å². The number of fused-ring (bicyclic) bond motifs is 1. The van der Waals surface area contributed by atoms with E-state index >= 15 is 0 Å². The monoisotopic (exact) mass is 306 g/mol. The number of carbonyl (C=O) groups excluding carboxylic acids is 3. The Kier molecular flexibility index (Phi) is 4.13. The summed E-state index contributed by atoms with van der Waals surface area (Å²) in [5, 5.41) is 2.53. The van der Waals surface area contributed by atoms with Crippen molar-refractivity contribution in [1.29, 1.82) is 0 Å². The molecular weight excluding hydrogens is 284 g/mol. The van der Waals surface area contributed by atoms with E-state index in [0.717, 1.165) is 0 Å². The molecule has 0 spiro atoms. The molecule has 2 amide bonds. The van der Waals surface area contributed by atoms with Gasteiger partial charge in [-0.2, -0.15) is 0 Å². The van der Waals surface area contributed by atoms with E-state index in [9.17, 15) is 14.4 Å². The number of nitrogens with one attached hydrogen (secondary N) is 1. The fourth-order valence-corrected chi connectivity index (χ4v) is 2.69. The predicted molar refractivity (Wildman–Crippen MR) is 80.9 cm³/mol. The summed E-state index contributed by atoms with van der Waals surface area (Å²) in [6.07, 6.45) is 1.07. The van der Waals surface area contributed by atoms with E-state index in [-0.39, 0.29) is 29.4 Å². The van der Waals surface area contributed by atoms with Gasteiger partial charge in [0.2, 0.25) is 5.91 Å². The van der Waals surface area contributed by atoms with Crippen LogP contribution in [-0.4, -0.2) is 43.1 Å². The lowest BCUT2D eigenvalue weighted by atomic mass is 9.76. The van der Waals surface area contributed by atoms with Crippen LogP contribution in [0.25, 0.3) is 0 Å². The Morgan fingerprint density at radius 3 is 2.50 bits per heavy atom. The zero-order valence-electron chi connectivity index (χ0n) is 13.7. The summed E-state index contributed by atoms with van der Waals surface area (Å²) in [5.41, 5.74) is 0.928. The summed E-state index contributed by atoms with van der Waals surface area (Å²) in [4.78, 5) is 37.4. The molecule has 1 N–H and O–H groups in total. The molecule has 0 unspecified atom stereocenters. The van der Waals surface area contributed by atoms with Crippen LogP contribution in [0.4, 0.5) is 0 Å². The highest BCUT2D eigenvalue weighted by molar-refractivity contribution is 6.04. The second-order valence-corrected chi connectivity index (χ2v) is 6.77. The summed E-state index contributed by atoms with van der Waals surface area (Å²) in [6, 6.07) is 0. The van der Waals surface area contributed by atoms with Crippen LogP contribution in [0.15, 0.2) is 4.42 Å². The van der Waals surface area contributed by atoms with Crippen molar-refractivity contribution in [3.63, 3.8) is 0 Å². The minimum atomic E-state index is -0.465. The topological polar surface area (TPSA) is 79.6 Å². The third-order valence-electron chi connectivity index (χ3n) is 3.88. The second-order valence-electron chi connectivity index (χ2n) is 6.77. The van der Waals surface area contributed by atoms with Gasteiger partial charge < -0.3 is 14.6 Å². The van der Waals surface area contributed by atoms with Gasteiger partial charge in [-0.25, -0.2) is 0 Å². The van der Waals surface area contributed by atoms with Gasteiger partial charge in [0.15, 0.2) is 11.5 Å². The molecule has 0 aromatic carbocycles. The number of amides is 2. The highest BCUT2D eigenvalue weighted by Crippen LogP contribution is 2.38. The van der Waals surface area contributed by atoms with Crippen LogP contribution in [0, 0.1) is 12.3 Å². The first-order valence-electron chi connectivity index (χ1n) is 7.26. The molecule has 6 heteroatoms. The van der Waals surface area contributed by atoms with Gasteiger partial charge >= 0.3 is 0 Å². The Bertz CT molecular complexity index is 641. The average Bonchev–Trinajstić information content (AvgIpc) is 2.70. The predicted octanol–water partition coefficient (Wildman–Crippen LogP) is 1.56. The lowest BCUT2D eigenvalue weighted by Gasteiger charge is -2.27. The molecule has 0 saturated heterocycles. The molecule has 0 atom stereocenters. The first kappa shape index (κ1) is 16.3. The molecule has 0 bridgehead atoms. The van der Waals surface area contributed by atoms with Gasteiger partial charge in [-0.15, -0.1) is 0 Å². The van der Waals surface area contributed by atoms with Crippen LogP contribution in [0.2, 0.25) is 0 Å². The number of carbonyl (C=O) groups is 3. The maximum absolute atomic E-state index is 12.3. The zero-order chi connectivity index (χ0) is 16.7. The standard InChI is InChI=1S/C16H22N2O4/c1-9-13-10(19)6-16(2,3)7-11(13)22-14(9)15(21)17-8-12(20)18(4)5/h6-8H2,1-5H3,(H,17,21). The molecule has 22 heavy (non-hydrogen) atoms. The fraction of sp³-hybridized carbons (Fsp3) is 0.562. The lowest BCUT2D eigenvalue weighted by molar-refractivity contribution is -0.127. The highest BCUT2D eigenvalue weighted by Gasteiger charge is 2.37. The van der Waals surface area contributed by atoms with Crippen molar-refractivity contribution in [1.82, 2.24) is 10.2 Å². The van der Waals surface area contributed by atoms with Crippen LogP contribution >= 0.6 is 0 Å². The summed E-state index contributed by atoms with van der Waals surface area (Å²) in [5.74, 6) is 0.0357. The van der Waals surface area contributed by atoms with Crippen LogP contribution in [0.1, 0.15) is 52.5 Å². The summed E-state index contributed by atoms with van der Waals surface area (Å²) in [7, 11) is 3.23. The Hall–Kier alpha value is -2.11. The van der Waals surface area contributed by atoms with Crippen molar-refractivity contribution in [3.05, 3.63) is 22.6 Å². The number of rotatable bonds is 3. The maximum atomic E-state index is 12.3. The van der Waals surface area contributed by atoms with E-state index in [1.165, 1.54) is 4.90 Å². The molecule has 0 fully saturated rings. The van der Waals surface area contributed by atoms with Gasteiger partial charge in [-0.05, 0) is 12.3 Å². The smallest absolute Gasteiger partial charge is 0.287 e. The molecule has 0 saturated carbocycles. The fourth-order valence-electron chi connectivity index (χ4n) is 2.69. The SMILES string of the molecule is Cc1c(C(=O)NCC(=O)N(C)C)oc2c1C(=O)CC(C)(C)C2. The zero-order valence-corrected chi connectivity index (χ0v) is 13.7. The van der Waals surface area contributed by atoms with Crippen molar-refractivity contribution < 1.29 is 18.8 Å². The van der Waals surface area contributed by atoms with Crippen LogP contribution in [0.5, 0.6) is 0 Å². The third kappa shape index (κ3) is 3.05. The van der Waals surface area contributed by atoms with E-state index in [4.69, 9.17) is 4.42 Å². The molecule has 6 nitrogen and oxygen atoms in total. The van der Waals surface area contributed by atoms with Crippen LogP contribution < -0.4 is 5.32 Å². The minimum absolute atomic E-state index is 0.0101. The molecule has 1 aromatic heterocycles. The van der Waals surface area contributed by atoms with Crippen molar-refractivity contribution in [2.75, 3.05) is 20.6 Å². The first-order valence-corrected chi connectivity index (χ1v) is 7.26. The van der Waals surface area contributed by atoms with E-state index in [0.29, 0.717) is 29.7 Å². The van der Waals surface area contributed by atoms with E-state index < -0.39 is 5.91 Å². The van der Waals surface area contributed by atoms with Crippen molar-refractivity contribution >= 4 is 17.6 Å². The molecular formula is C16H22N2O4. The van der Waals surface area contributed by atoms with Crippen molar-refractivity contribution in [3.8, 4) is 0 Å². The van der Waals surface area contributed by atoms with E-state index in [1.807, 2.05) is 13.8 Å².